The van der Waals surface area contributed by atoms with Gasteiger partial charge in [0.2, 0.25) is 0 Å². The highest BCUT2D eigenvalue weighted by atomic mass is 16.1. The summed E-state index contributed by atoms with van der Waals surface area (Å²) in [5, 5.41) is 5.51. The zero-order chi connectivity index (χ0) is 7.28. The van der Waals surface area contributed by atoms with Gasteiger partial charge in [0.15, 0.2) is 6.29 Å². The molecule has 0 heterocycles. The smallest absolute Gasteiger partial charge is 0.166 e. The maximum absolute atomic E-state index is 10.1. The maximum Gasteiger partial charge on any atom is 0.166 e. The Balaban J connectivity index is 3.90. The first-order valence-electron chi connectivity index (χ1n) is 2.90. The van der Waals surface area contributed by atoms with Crippen LogP contribution in [0.1, 0.15) is 13.3 Å². The molecule has 3 nitrogen and oxygen atoms in total. The van der Waals surface area contributed by atoms with Crippen LogP contribution in [0.25, 0.3) is 0 Å². The average Bonchev–Trinajstić information content (AvgIpc) is 1.82. The van der Waals surface area contributed by atoms with Crippen LogP contribution < -0.4 is 0 Å². The molecule has 0 fully saturated rings. The second kappa shape index (κ2) is 4.06. The largest absolute Gasteiger partial charge is 0.303 e. The minimum atomic E-state index is 0.583. The first-order valence-corrected chi connectivity index (χ1v) is 2.90. The van der Waals surface area contributed by atoms with E-state index in [0.717, 1.165) is 6.29 Å². The van der Waals surface area contributed by atoms with Crippen LogP contribution in [0.4, 0.5) is 0 Å². The number of aldehydes is 1. The van der Waals surface area contributed by atoms with Crippen molar-refractivity contribution in [2.45, 2.75) is 13.3 Å². The van der Waals surface area contributed by atoms with Gasteiger partial charge in [0.05, 0.1) is 5.71 Å². The molecule has 0 bridgehead atoms. The summed E-state index contributed by atoms with van der Waals surface area (Å²) in [6.07, 6.45) is 1.47. The summed E-state index contributed by atoms with van der Waals surface area (Å²) in [5.41, 5.74) is 0.583. The van der Waals surface area contributed by atoms with E-state index in [-0.39, 0.29) is 0 Å². The Labute approximate surface area is 55.4 Å². The van der Waals surface area contributed by atoms with Crippen molar-refractivity contribution >= 4 is 12.0 Å². The minimum Gasteiger partial charge on any atom is -0.303 e. The fraction of sp³-hybridized carbons (Fsp3) is 0.667. The molecule has 0 atom stereocenters. The average molecular weight is 128 g/mol. The van der Waals surface area contributed by atoms with Crippen LogP contribution in [0.3, 0.4) is 0 Å². The quantitative estimate of drug-likeness (QED) is 0.315. The van der Waals surface area contributed by atoms with E-state index in [9.17, 15) is 4.79 Å². The summed E-state index contributed by atoms with van der Waals surface area (Å²) in [6, 6.07) is 0. The normalized spacial score (nSPS) is 11.2. The zero-order valence-electron chi connectivity index (χ0n) is 6.09. The highest BCUT2D eigenvalue weighted by molar-refractivity contribution is 6.27. The van der Waals surface area contributed by atoms with Gasteiger partial charge < -0.3 is 5.01 Å². The van der Waals surface area contributed by atoms with Crippen molar-refractivity contribution < 1.29 is 4.79 Å². The molecule has 0 saturated carbocycles. The lowest BCUT2D eigenvalue weighted by Gasteiger charge is -2.03. The molecule has 0 aromatic carbocycles. The van der Waals surface area contributed by atoms with Crippen molar-refractivity contribution in [3.8, 4) is 0 Å². The number of carbonyl (C=O) groups is 1. The molecular weight excluding hydrogens is 116 g/mol. The molecule has 0 saturated heterocycles. The molecule has 0 aromatic rings. The fourth-order valence-corrected chi connectivity index (χ4v) is 0.435. The minimum absolute atomic E-state index is 0.583. The third kappa shape index (κ3) is 3.70. The number of nitrogens with zero attached hydrogens (tertiary/aromatic N) is 2. The van der Waals surface area contributed by atoms with E-state index < -0.39 is 0 Å². The third-order valence-electron chi connectivity index (χ3n) is 0.827. The lowest BCUT2D eigenvalue weighted by atomic mass is 10.3. The maximum atomic E-state index is 10.1. The van der Waals surface area contributed by atoms with Gasteiger partial charge in [-0.1, -0.05) is 6.92 Å². The molecule has 0 aliphatic rings. The van der Waals surface area contributed by atoms with Crippen LogP contribution in [0, 0.1) is 0 Å². The highest BCUT2D eigenvalue weighted by Crippen LogP contribution is 1.83. The van der Waals surface area contributed by atoms with E-state index in [1.54, 1.807) is 19.1 Å². The second-order valence-corrected chi connectivity index (χ2v) is 1.91. The van der Waals surface area contributed by atoms with E-state index in [4.69, 9.17) is 0 Å². The van der Waals surface area contributed by atoms with Gasteiger partial charge in [-0.15, -0.1) is 0 Å². The zero-order valence-corrected chi connectivity index (χ0v) is 6.09. The number of hydrazone groups is 1. The van der Waals surface area contributed by atoms with Gasteiger partial charge in [-0.25, -0.2) is 0 Å². The molecule has 0 amide bonds. The van der Waals surface area contributed by atoms with Crippen molar-refractivity contribution in [3.63, 3.8) is 0 Å². The van der Waals surface area contributed by atoms with Crippen LogP contribution in [0.5, 0.6) is 0 Å². The number of hydrogen-bond donors (Lipinski definition) is 0. The topological polar surface area (TPSA) is 32.7 Å². The molecule has 0 radical (unpaired) electrons. The molecule has 3 heteroatoms. The number of hydrogen-bond acceptors (Lipinski definition) is 3. The van der Waals surface area contributed by atoms with E-state index in [1.807, 2.05) is 6.92 Å². The first kappa shape index (κ1) is 8.14. The molecule has 9 heavy (non-hydrogen) atoms. The Kier molecular flexibility index (Phi) is 3.67. The van der Waals surface area contributed by atoms with E-state index in [0.29, 0.717) is 12.1 Å². The summed E-state index contributed by atoms with van der Waals surface area (Å²) in [4.78, 5) is 10.1. The van der Waals surface area contributed by atoms with E-state index >= 15 is 0 Å². The SMILES string of the molecule is CC/C(C=O)=N/N(C)C. The predicted molar refractivity (Wildman–Crippen MR) is 37.5 cm³/mol. The fourth-order valence-electron chi connectivity index (χ4n) is 0.435. The summed E-state index contributed by atoms with van der Waals surface area (Å²) in [5.74, 6) is 0. The van der Waals surface area contributed by atoms with Crippen LogP contribution in [-0.2, 0) is 4.79 Å². The van der Waals surface area contributed by atoms with Crippen molar-refractivity contribution in [1.29, 1.82) is 0 Å². The Morgan fingerprint density at radius 1 is 1.67 bits per heavy atom. The van der Waals surface area contributed by atoms with Gasteiger partial charge >= 0.3 is 0 Å². The van der Waals surface area contributed by atoms with Crippen molar-refractivity contribution in [3.05, 3.63) is 0 Å². The van der Waals surface area contributed by atoms with E-state index in [1.165, 1.54) is 0 Å². The van der Waals surface area contributed by atoms with Gasteiger partial charge in [0.1, 0.15) is 0 Å². The van der Waals surface area contributed by atoms with Gasteiger partial charge in [0.25, 0.3) is 0 Å². The Bertz CT molecular complexity index is 118. The lowest BCUT2D eigenvalue weighted by molar-refractivity contribution is -0.102. The molecule has 0 rings (SSSR count). The molecule has 0 N–H and O–H groups in total. The summed E-state index contributed by atoms with van der Waals surface area (Å²) in [6.45, 7) is 1.90. The summed E-state index contributed by atoms with van der Waals surface area (Å²) in [7, 11) is 3.58. The second-order valence-electron chi connectivity index (χ2n) is 1.91. The summed E-state index contributed by atoms with van der Waals surface area (Å²) < 4.78 is 0. The molecule has 0 aliphatic carbocycles. The van der Waals surface area contributed by atoms with Crippen LogP contribution in [0.15, 0.2) is 5.10 Å². The van der Waals surface area contributed by atoms with Gasteiger partial charge in [-0.3, -0.25) is 4.79 Å². The summed E-state index contributed by atoms with van der Waals surface area (Å²) >= 11 is 0. The van der Waals surface area contributed by atoms with Gasteiger partial charge in [-0.2, -0.15) is 5.10 Å². The standard InChI is InChI=1S/C6H12N2O/c1-4-6(5-9)7-8(2)3/h5H,4H2,1-3H3/b7-6-. The highest BCUT2D eigenvalue weighted by Gasteiger charge is 1.90. The Hall–Kier alpha value is -0.860. The van der Waals surface area contributed by atoms with Crippen LogP contribution in [-0.4, -0.2) is 31.1 Å². The van der Waals surface area contributed by atoms with Crippen molar-refractivity contribution in [2.24, 2.45) is 5.10 Å². The van der Waals surface area contributed by atoms with Crippen molar-refractivity contribution in [1.82, 2.24) is 5.01 Å². The number of carbonyl (C=O) groups excluding carboxylic acids is 1. The molecule has 0 unspecified atom stereocenters. The van der Waals surface area contributed by atoms with Crippen LogP contribution in [0.2, 0.25) is 0 Å². The Morgan fingerprint density at radius 3 is 2.33 bits per heavy atom. The van der Waals surface area contributed by atoms with Crippen LogP contribution >= 0.6 is 0 Å². The lowest BCUT2D eigenvalue weighted by Crippen LogP contribution is -2.08. The molecule has 0 aliphatic heterocycles. The first-order chi connectivity index (χ1) is 4.20. The predicted octanol–water partition coefficient (Wildman–Crippen LogP) is 0.513. The number of rotatable bonds is 3. The van der Waals surface area contributed by atoms with E-state index in [2.05, 4.69) is 5.10 Å². The molecule has 52 valence electrons. The Morgan fingerprint density at radius 2 is 2.22 bits per heavy atom. The molecule has 0 spiro atoms. The van der Waals surface area contributed by atoms with Crippen molar-refractivity contribution in [2.75, 3.05) is 14.1 Å². The molecular formula is C6H12N2O. The third-order valence-corrected chi connectivity index (χ3v) is 0.827. The van der Waals surface area contributed by atoms with Gasteiger partial charge in [-0.05, 0) is 6.42 Å². The monoisotopic (exact) mass is 128 g/mol. The molecule has 0 aromatic heterocycles. The van der Waals surface area contributed by atoms with Gasteiger partial charge in [0, 0.05) is 14.1 Å².